The fourth-order valence-corrected chi connectivity index (χ4v) is 2.72. The highest BCUT2D eigenvalue weighted by molar-refractivity contribution is 6.55. The van der Waals surface area contributed by atoms with E-state index in [2.05, 4.69) is 0 Å². The Kier molecular flexibility index (Phi) is 2.99. The first-order valence-corrected chi connectivity index (χ1v) is 6.46. The van der Waals surface area contributed by atoms with E-state index in [0.29, 0.717) is 10.1 Å². The predicted molar refractivity (Wildman–Crippen MR) is 78.4 cm³/mol. The molecule has 0 nitrogen and oxygen atoms in total. The van der Waals surface area contributed by atoms with Crippen molar-refractivity contribution in [3.63, 3.8) is 0 Å². The number of hydrogen-bond acceptors (Lipinski definition) is 0. The highest BCUT2D eigenvalue weighted by Crippen LogP contribution is 2.50. The van der Waals surface area contributed by atoms with E-state index in [1.54, 1.807) is 0 Å². The van der Waals surface area contributed by atoms with Gasteiger partial charge in [0.1, 0.15) is 0 Å². The van der Waals surface area contributed by atoms with Gasteiger partial charge in [0.2, 0.25) is 0 Å². The van der Waals surface area contributed by atoms with Crippen molar-refractivity contribution in [2.75, 3.05) is 0 Å². The van der Waals surface area contributed by atoms with E-state index in [4.69, 9.17) is 23.2 Å². The SMILES string of the molecule is ClC1=C(Cl)C(c2ccccc2)=C1c1ccccc1. The lowest BCUT2D eigenvalue weighted by Crippen LogP contribution is -2.04. The van der Waals surface area contributed by atoms with Gasteiger partial charge in [0.15, 0.2) is 0 Å². The van der Waals surface area contributed by atoms with Crippen LogP contribution in [0.1, 0.15) is 11.1 Å². The average molecular weight is 273 g/mol. The lowest BCUT2D eigenvalue weighted by Gasteiger charge is -2.24. The second-order valence-electron chi connectivity index (χ2n) is 4.11. The molecule has 1 aliphatic rings. The molecule has 1 aliphatic carbocycles. The molecular formula is C16H10Cl2. The summed E-state index contributed by atoms with van der Waals surface area (Å²) in [5.41, 5.74) is 4.28. The van der Waals surface area contributed by atoms with Gasteiger partial charge in [-0.15, -0.1) is 0 Å². The number of halogens is 2. The molecule has 0 aliphatic heterocycles. The first-order valence-electron chi connectivity index (χ1n) is 5.70. The maximum Gasteiger partial charge on any atom is 0.0684 e. The van der Waals surface area contributed by atoms with Crippen LogP contribution in [0.15, 0.2) is 70.7 Å². The molecule has 2 heteroatoms. The predicted octanol–water partition coefficient (Wildman–Crippen LogP) is 5.30. The zero-order chi connectivity index (χ0) is 12.5. The molecule has 0 spiro atoms. The summed E-state index contributed by atoms with van der Waals surface area (Å²) in [5, 5.41) is 1.31. The Labute approximate surface area is 116 Å². The second-order valence-corrected chi connectivity index (χ2v) is 4.87. The van der Waals surface area contributed by atoms with Gasteiger partial charge >= 0.3 is 0 Å². The van der Waals surface area contributed by atoms with E-state index in [0.717, 1.165) is 22.3 Å². The Hall–Kier alpha value is -1.50. The third-order valence-corrected chi connectivity index (χ3v) is 3.86. The van der Waals surface area contributed by atoms with Gasteiger partial charge in [-0.1, -0.05) is 83.9 Å². The van der Waals surface area contributed by atoms with Crippen molar-refractivity contribution in [1.29, 1.82) is 0 Å². The topological polar surface area (TPSA) is 0 Å². The minimum absolute atomic E-state index is 0.654. The highest BCUT2D eigenvalue weighted by atomic mass is 35.5. The summed E-state index contributed by atoms with van der Waals surface area (Å²) in [6.45, 7) is 0. The fraction of sp³-hybridized carbons (Fsp3) is 0. The largest absolute Gasteiger partial charge is 0.0820 e. The zero-order valence-electron chi connectivity index (χ0n) is 9.53. The maximum absolute atomic E-state index is 6.23. The van der Waals surface area contributed by atoms with E-state index in [9.17, 15) is 0 Å². The van der Waals surface area contributed by atoms with E-state index < -0.39 is 0 Å². The summed E-state index contributed by atoms with van der Waals surface area (Å²) in [4.78, 5) is 0. The van der Waals surface area contributed by atoms with Gasteiger partial charge in [-0.2, -0.15) is 0 Å². The van der Waals surface area contributed by atoms with Crippen LogP contribution in [0.5, 0.6) is 0 Å². The summed E-state index contributed by atoms with van der Waals surface area (Å²) in [7, 11) is 0. The zero-order valence-corrected chi connectivity index (χ0v) is 11.0. The smallest absolute Gasteiger partial charge is 0.0684 e. The van der Waals surface area contributed by atoms with Gasteiger partial charge in [-0.3, -0.25) is 0 Å². The highest BCUT2D eigenvalue weighted by Gasteiger charge is 2.28. The number of rotatable bonds is 2. The van der Waals surface area contributed by atoms with Crippen molar-refractivity contribution < 1.29 is 0 Å². The monoisotopic (exact) mass is 272 g/mol. The van der Waals surface area contributed by atoms with Gasteiger partial charge in [0, 0.05) is 11.1 Å². The molecule has 0 fully saturated rings. The third-order valence-electron chi connectivity index (χ3n) is 3.01. The number of benzene rings is 2. The van der Waals surface area contributed by atoms with Crippen molar-refractivity contribution in [1.82, 2.24) is 0 Å². The van der Waals surface area contributed by atoms with E-state index in [-0.39, 0.29) is 0 Å². The molecule has 0 aromatic heterocycles. The molecule has 0 unspecified atom stereocenters. The average Bonchev–Trinajstić information content (AvgIpc) is 2.45. The van der Waals surface area contributed by atoms with Gasteiger partial charge in [0.25, 0.3) is 0 Å². The summed E-state index contributed by atoms with van der Waals surface area (Å²) in [5.74, 6) is 0. The molecule has 18 heavy (non-hydrogen) atoms. The molecule has 88 valence electrons. The van der Waals surface area contributed by atoms with Gasteiger partial charge in [-0.25, -0.2) is 0 Å². The van der Waals surface area contributed by atoms with E-state index in [1.807, 2.05) is 60.7 Å². The Balaban J connectivity index is 2.14. The lowest BCUT2D eigenvalue weighted by molar-refractivity contribution is 1.53. The lowest BCUT2D eigenvalue weighted by atomic mass is 9.86. The molecule has 0 bridgehead atoms. The molecule has 0 atom stereocenters. The first kappa shape index (κ1) is 11.6. The van der Waals surface area contributed by atoms with Crippen molar-refractivity contribution in [2.24, 2.45) is 0 Å². The van der Waals surface area contributed by atoms with Crippen molar-refractivity contribution in [3.05, 3.63) is 81.9 Å². The third kappa shape index (κ3) is 1.78. The maximum atomic E-state index is 6.23. The molecule has 0 radical (unpaired) electrons. The van der Waals surface area contributed by atoms with Gasteiger partial charge in [-0.05, 0) is 11.1 Å². The van der Waals surface area contributed by atoms with Crippen LogP contribution >= 0.6 is 23.2 Å². The van der Waals surface area contributed by atoms with Crippen LogP contribution in [0.2, 0.25) is 0 Å². The quantitative estimate of drug-likeness (QED) is 0.696. The van der Waals surface area contributed by atoms with Crippen LogP contribution in [0.4, 0.5) is 0 Å². The van der Waals surface area contributed by atoms with E-state index >= 15 is 0 Å². The molecule has 0 saturated heterocycles. The Bertz CT molecular complexity index is 580. The van der Waals surface area contributed by atoms with Crippen LogP contribution in [0, 0.1) is 0 Å². The fourth-order valence-electron chi connectivity index (χ4n) is 2.13. The van der Waals surface area contributed by atoms with Crippen molar-refractivity contribution >= 4 is 34.3 Å². The molecule has 2 aromatic carbocycles. The second kappa shape index (κ2) is 4.64. The molecule has 2 aromatic rings. The summed E-state index contributed by atoms with van der Waals surface area (Å²) >= 11 is 12.5. The van der Waals surface area contributed by atoms with Gasteiger partial charge < -0.3 is 0 Å². The summed E-state index contributed by atoms with van der Waals surface area (Å²) in [6.07, 6.45) is 0. The number of hydrogen-bond donors (Lipinski definition) is 0. The standard InChI is InChI=1S/C16H10Cl2/c17-15-13(11-7-3-1-4-8-11)14(16(15)18)12-9-5-2-6-10-12/h1-10H. The van der Waals surface area contributed by atoms with Crippen molar-refractivity contribution in [2.45, 2.75) is 0 Å². The normalized spacial score (nSPS) is 14.8. The van der Waals surface area contributed by atoms with Crippen LogP contribution in [0.3, 0.4) is 0 Å². The van der Waals surface area contributed by atoms with Crippen molar-refractivity contribution in [3.8, 4) is 0 Å². The van der Waals surface area contributed by atoms with Crippen LogP contribution in [-0.2, 0) is 0 Å². The molecule has 0 heterocycles. The molecular weight excluding hydrogens is 263 g/mol. The molecule has 0 saturated carbocycles. The van der Waals surface area contributed by atoms with E-state index in [1.165, 1.54) is 0 Å². The molecule has 0 N–H and O–H groups in total. The minimum atomic E-state index is 0.654. The summed E-state index contributed by atoms with van der Waals surface area (Å²) in [6, 6.07) is 20.2. The summed E-state index contributed by atoms with van der Waals surface area (Å²) < 4.78 is 0. The molecule has 3 rings (SSSR count). The van der Waals surface area contributed by atoms with Crippen LogP contribution in [0.25, 0.3) is 11.1 Å². The Morgan fingerprint density at radius 3 is 1.17 bits per heavy atom. The Morgan fingerprint density at radius 1 is 0.500 bits per heavy atom. The number of allylic oxidation sites excluding steroid dienone is 4. The van der Waals surface area contributed by atoms with Crippen LogP contribution < -0.4 is 0 Å². The first-order chi connectivity index (χ1) is 8.79. The van der Waals surface area contributed by atoms with Crippen LogP contribution in [-0.4, -0.2) is 0 Å². The van der Waals surface area contributed by atoms with Gasteiger partial charge in [0.05, 0.1) is 10.1 Å². The Morgan fingerprint density at radius 2 is 0.833 bits per heavy atom. The molecule has 0 amide bonds. The minimum Gasteiger partial charge on any atom is -0.0820 e.